The molecule has 2 aromatic carbocycles. The maximum absolute atomic E-state index is 12.0. The number of anilines is 1. The third-order valence-corrected chi connectivity index (χ3v) is 3.99. The number of hydrogen-bond donors (Lipinski definition) is 1. The number of carbonyl (C=O) groups is 2. The number of Topliss-reactive ketones (excluding diaryl/α,β-unsaturated/α-hetero) is 1. The summed E-state index contributed by atoms with van der Waals surface area (Å²) in [6, 6.07) is 9.97. The standard InChI is InChI=1S/C16H13Cl2NO5S/c1-25(22,23)19-14-4-2-10(3-5-14)15(20)9-24-16(21)11-6-12(17)8-13(18)7-11/h2-8,19H,9H2,1H3. The Bertz CT molecular complexity index is 890. The van der Waals surface area contributed by atoms with Gasteiger partial charge in [0.1, 0.15) is 0 Å². The smallest absolute Gasteiger partial charge is 0.338 e. The van der Waals surface area contributed by atoms with Gasteiger partial charge >= 0.3 is 5.97 Å². The summed E-state index contributed by atoms with van der Waals surface area (Å²) >= 11 is 11.6. The van der Waals surface area contributed by atoms with E-state index in [1.54, 1.807) is 0 Å². The van der Waals surface area contributed by atoms with E-state index in [2.05, 4.69) is 4.72 Å². The first-order valence-corrected chi connectivity index (χ1v) is 9.53. The first-order chi connectivity index (χ1) is 11.6. The fraction of sp³-hybridized carbons (Fsp3) is 0.125. The lowest BCUT2D eigenvalue weighted by molar-refractivity contribution is 0.0475. The van der Waals surface area contributed by atoms with Crippen molar-refractivity contribution in [2.45, 2.75) is 0 Å². The molecule has 0 aliphatic carbocycles. The molecular weight excluding hydrogens is 389 g/mol. The Labute approximate surface area is 154 Å². The number of ether oxygens (including phenoxy) is 1. The summed E-state index contributed by atoms with van der Waals surface area (Å²) in [7, 11) is -3.40. The molecule has 25 heavy (non-hydrogen) atoms. The molecule has 0 bridgehead atoms. The quantitative estimate of drug-likeness (QED) is 0.591. The van der Waals surface area contributed by atoms with Crippen LogP contribution >= 0.6 is 23.2 Å². The number of ketones is 1. The van der Waals surface area contributed by atoms with Crippen LogP contribution in [0.25, 0.3) is 0 Å². The molecule has 0 aliphatic rings. The van der Waals surface area contributed by atoms with Crippen LogP contribution in [0, 0.1) is 0 Å². The minimum atomic E-state index is -3.40. The largest absolute Gasteiger partial charge is 0.454 e. The minimum absolute atomic E-state index is 0.137. The predicted octanol–water partition coefficient (Wildman–Crippen LogP) is 3.40. The van der Waals surface area contributed by atoms with E-state index in [0.29, 0.717) is 5.69 Å². The number of nitrogens with one attached hydrogen (secondary N) is 1. The molecule has 0 saturated carbocycles. The molecule has 0 aliphatic heterocycles. The van der Waals surface area contributed by atoms with E-state index in [-0.39, 0.29) is 21.2 Å². The molecule has 0 heterocycles. The van der Waals surface area contributed by atoms with Gasteiger partial charge in [-0.25, -0.2) is 13.2 Å². The number of sulfonamides is 1. The molecule has 2 rings (SSSR count). The van der Waals surface area contributed by atoms with E-state index in [1.807, 2.05) is 0 Å². The molecule has 1 N–H and O–H groups in total. The summed E-state index contributed by atoms with van der Waals surface area (Å²) in [4.78, 5) is 24.0. The zero-order valence-corrected chi connectivity index (χ0v) is 15.3. The summed E-state index contributed by atoms with van der Waals surface area (Å²) < 4.78 is 29.5. The van der Waals surface area contributed by atoms with Crippen molar-refractivity contribution in [2.75, 3.05) is 17.6 Å². The average molecular weight is 402 g/mol. The Hall–Kier alpha value is -2.09. The van der Waals surface area contributed by atoms with Crippen molar-refractivity contribution >= 4 is 50.7 Å². The van der Waals surface area contributed by atoms with Crippen LogP contribution in [0.3, 0.4) is 0 Å². The summed E-state index contributed by atoms with van der Waals surface area (Å²) in [5.41, 5.74) is 0.735. The van der Waals surface area contributed by atoms with Crippen molar-refractivity contribution in [2.24, 2.45) is 0 Å². The highest BCUT2D eigenvalue weighted by Crippen LogP contribution is 2.19. The molecule has 2 aromatic rings. The number of hydrogen-bond acceptors (Lipinski definition) is 5. The van der Waals surface area contributed by atoms with Crippen molar-refractivity contribution in [1.29, 1.82) is 0 Å². The zero-order chi connectivity index (χ0) is 18.6. The molecule has 6 nitrogen and oxygen atoms in total. The number of benzene rings is 2. The zero-order valence-electron chi connectivity index (χ0n) is 13.0. The Morgan fingerprint density at radius 3 is 2.08 bits per heavy atom. The summed E-state index contributed by atoms with van der Waals surface area (Å²) in [5, 5.41) is 0.555. The molecule has 0 unspecified atom stereocenters. The SMILES string of the molecule is CS(=O)(=O)Nc1ccc(C(=O)COC(=O)c2cc(Cl)cc(Cl)c2)cc1. The van der Waals surface area contributed by atoms with E-state index in [1.165, 1.54) is 42.5 Å². The third-order valence-electron chi connectivity index (χ3n) is 2.94. The minimum Gasteiger partial charge on any atom is -0.454 e. The molecular formula is C16H13Cl2NO5S. The van der Waals surface area contributed by atoms with Crippen LogP contribution in [-0.4, -0.2) is 33.0 Å². The molecule has 9 heteroatoms. The fourth-order valence-corrected chi connectivity index (χ4v) is 3.00. The van der Waals surface area contributed by atoms with Gasteiger partial charge in [-0.2, -0.15) is 0 Å². The second-order valence-corrected chi connectivity index (χ2v) is 7.73. The van der Waals surface area contributed by atoms with Gasteiger partial charge in [0, 0.05) is 21.3 Å². The van der Waals surface area contributed by atoms with Crippen molar-refractivity contribution in [3.63, 3.8) is 0 Å². The number of carbonyl (C=O) groups excluding carboxylic acids is 2. The van der Waals surface area contributed by atoms with Crippen LogP contribution in [0.5, 0.6) is 0 Å². The van der Waals surface area contributed by atoms with Gasteiger partial charge in [0.2, 0.25) is 10.0 Å². The number of esters is 1. The Kier molecular flexibility index (Phi) is 6.05. The monoisotopic (exact) mass is 401 g/mol. The third kappa shape index (κ3) is 6.04. The number of halogens is 2. The van der Waals surface area contributed by atoms with E-state index in [4.69, 9.17) is 27.9 Å². The van der Waals surface area contributed by atoms with Gasteiger partial charge in [-0.1, -0.05) is 23.2 Å². The Balaban J connectivity index is 1.99. The van der Waals surface area contributed by atoms with Gasteiger partial charge in [-0.05, 0) is 42.5 Å². The van der Waals surface area contributed by atoms with Crippen molar-refractivity contribution < 1.29 is 22.7 Å². The van der Waals surface area contributed by atoms with Gasteiger partial charge in [0.25, 0.3) is 0 Å². The van der Waals surface area contributed by atoms with Crippen LogP contribution in [0.15, 0.2) is 42.5 Å². The van der Waals surface area contributed by atoms with E-state index < -0.39 is 28.4 Å². The first kappa shape index (κ1) is 19.2. The normalized spacial score (nSPS) is 11.0. The molecule has 132 valence electrons. The molecule has 0 radical (unpaired) electrons. The fourth-order valence-electron chi connectivity index (χ4n) is 1.91. The maximum Gasteiger partial charge on any atom is 0.338 e. The summed E-state index contributed by atoms with van der Waals surface area (Å²) in [6.45, 7) is -0.470. The van der Waals surface area contributed by atoms with Gasteiger partial charge in [-0.3, -0.25) is 9.52 Å². The highest BCUT2D eigenvalue weighted by atomic mass is 35.5. The van der Waals surface area contributed by atoms with Crippen LogP contribution in [0.2, 0.25) is 10.0 Å². The van der Waals surface area contributed by atoms with E-state index in [9.17, 15) is 18.0 Å². The molecule has 0 amide bonds. The van der Waals surface area contributed by atoms with Gasteiger partial charge < -0.3 is 4.74 Å². The van der Waals surface area contributed by atoms with Crippen molar-refractivity contribution in [3.8, 4) is 0 Å². The summed E-state index contributed by atoms with van der Waals surface area (Å²) in [5.74, 6) is -1.17. The lowest BCUT2D eigenvalue weighted by Crippen LogP contribution is -2.14. The molecule has 0 fully saturated rings. The van der Waals surface area contributed by atoms with Crippen LogP contribution in [0.1, 0.15) is 20.7 Å². The van der Waals surface area contributed by atoms with E-state index >= 15 is 0 Å². The average Bonchev–Trinajstić information content (AvgIpc) is 2.50. The molecule has 0 spiro atoms. The molecule has 0 saturated heterocycles. The van der Waals surface area contributed by atoms with Crippen molar-refractivity contribution in [1.82, 2.24) is 0 Å². The van der Waals surface area contributed by atoms with E-state index in [0.717, 1.165) is 6.26 Å². The highest BCUT2D eigenvalue weighted by Gasteiger charge is 2.13. The Morgan fingerprint density at radius 1 is 1.00 bits per heavy atom. The highest BCUT2D eigenvalue weighted by molar-refractivity contribution is 7.92. The van der Waals surface area contributed by atoms with Crippen LogP contribution in [-0.2, 0) is 14.8 Å². The topological polar surface area (TPSA) is 89.5 Å². The Morgan fingerprint density at radius 2 is 1.56 bits per heavy atom. The van der Waals surface area contributed by atoms with Crippen molar-refractivity contribution in [3.05, 3.63) is 63.6 Å². The van der Waals surface area contributed by atoms with Gasteiger partial charge in [0.05, 0.1) is 11.8 Å². The summed E-state index contributed by atoms with van der Waals surface area (Å²) in [6.07, 6.45) is 1.02. The number of rotatable bonds is 6. The first-order valence-electron chi connectivity index (χ1n) is 6.88. The predicted molar refractivity (Wildman–Crippen MR) is 96.0 cm³/mol. The molecule has 0 aromatic heterocycles. The molecule has 0 atom stereocenters. The van der Waals surface area contributed by atoms with Crippen LogP contribution < -0.4 is 4.72 Å². The lowest BCUT2D eigenvalue weighted by atomic mass is 10.1. The second kappa shape index (κ2) is 7.86. The van der Waals surface area contributed by atoms with Gasteiger partial charge in [0.15, 0.2) is 12.4 Å². The second-order valence-electron chi connectivity index (χ2n) is 5.11. The van der Waals surface area contributed by atoms with Crippen LogP contribution in [0.4, 0.5) is 5.69 Å². The maximum atomic E-state index is 12.0. The van der Waals surface area contributed by atoms with Gasteiger partial charge in [-0.15, -0.1) is 0 Å². The lowest BCUT2D eigenvalue weighted by Gasteiger charge is -2.07.